The number of nitrogens with one attached hydrogen (secondary N) is 1. The maximum atomic E-state index is 12.4. The topological polar surface area (TPSA) is 75.6 Å². The van der Waals surface area contributed by atoms with Gasteiger partial charge in [0.25, 0.3) is 5.91 Å². The third-order valence-corrected chi connectivity index (χ3v) is 3.80. The molecule has 0 fully saturated rings. The average molecular weight is 327 g/mol. The summed E-state index contributed by atoms with van der Waals surface area (Å²) in [5.74, 6) is -1.39. The molecular weight excluding hydrogens is 306 g/mol. The number of rotatable bonds is 8. The van der Waals surface area contributed by atoms with E-state index < -0.39 is 12.1 Å². The maximum absolute atomic E-state index is 12.4. The molecule has 5 nitrogen and oxygen atoms in total. The van der Waals surface area contributed by atoms with E-state index in [1.54, 1.807) is 12.1 Å². The molecule has 0 aliphatic carbocycles. The van der Waals surface area contributed by atoms with Gasteiger partial charge in [-0.1, -0.05) is 48.5 Å². The zero-order valence-electron chi connectivity index (χ0n) is 13.6. The number of carbonyl (C=O) groups is 2. The van der Waals surface area contributed by atoms with Crippen molar-refractivity contribution in [3.63, 3.8) is 0 Å². The van der Waals surface area contributed by atoms with E-state index in [9.17, 15) is 9.59 Å². The number of aliphatic carboxylic acids is 1. The molecular formula is C19H21NO4. The second-order valence-corrected chi connectivity index (χ2v) is 5.42. The highest BCUT2D eigenvalue weighted by molar-refractivity contribution is 5.96. The molecule has 0 radical (unpaired) electrons. The Morgan fingerprint density at radius 1 is 1.04 bits per heavy atom. The number of amides is 1. The summed E-state index contributed by atoms with van der Waals surface area (Å²) in [7, 11) is 1.30. The highest BCUT2D eigenvalue weighted by atomic mass is 16.5. The molecule has 2 aromatic rings. The highest BCUT2D eigenvalue weighted by Crippen LogP contribution is 2.13. The first-order chi connectivity index (χ1) is 11.6. The Hall–Kier alpha value is -2.66. The van der Waals surface area contributed by atoms with Crippen LogP contribution < -0.4 is 5.32 Å². The molecule has 2 N–H and O–H groups in total. The van der Waals surface area contributed by atoms with E-state index in [0.29, 0.717) is 5.56 Å². The minimum absolute atomic E-state index is 0.0717. The van der Waals surface area contributed by atoms with Crippen molar-refractivity contribution < 1.29 is 19.4 Å². The fraction of sp³-hybridized carbons (Fsp3) is 0.263. The van der Waals surface area contributed by atoms with E-state index in [-0.39, 0.29) is 12.5 Å². The Labute approximate surface area is 141 Å². The van der Waals surface area contributed by atoms with Crippen molar-refractivity contribution in [2.24, 2.45) is 0 Å². The number of methoxy groups -OCH3 is 1. The van der Waals surface area contributed by atoms with Crippen molar-refractivity contribution in [3.8, 4) is 0 Å². The Morgan fingerprint density at radius 2 is 1.71 bits per heavy atom. The summed E-state index contributed by atoms with van der Waals surface area (Å²) >= 11 is 0. The molecule has 0 spiro atoms. The first-order valence-corrected chi connectivity index (χ1v) is 7.77. The van der Waals surface area contributed by atoms with Gasteiger partial charge in [-0.15, -0.1) is 0 Å². The van der Waals surface area contributed by atoms with Crippen molar-refractivity contribution >= 4 is 11.9 Å². The predicted molar refractivity (Wildman–Crippen MR) is 91.1 cm³/mol. The zero-order valence-corrected chi connectivity index (χ0v) is 13.6. The zero-order chi connectivity index (χ0) is 17.4. The number of hydrogen-bond donors (Lipinski definition) is 2. The lowest BCUT2D eigenvalue weighted by molar-refractivity contribution is -0.148. The fourth-order valence-electron chi connectivity index (χ4n) is 2.44. The lowest BCUT2D eigenvalue weighted by Gasteiger charge is -2.13. The van der Waals surface area contributed by atoms with Gasteiger partial charge in [-0.2, -0.15) is 0 Å². The lowest BCUT2D eigenvalue weighted by atomic mass is 9.99. The van der Waals surface area contributed by atoms with E-state index in [4.69, 9.17) is 9.84 Å². The number of carboxylic acid groups (broad SMARTS) is 1. The SMILES string of the molecule is COC(CNC(=O)c1ccccc1CCc1ccccc1)C(=O)O. The average Bonchev–Trinajstić information content (AvgIpc) is 2.61. The number of hydrogen-bond acceptors (Lipinski definition) is 3. The number of benzene rings is 2. The summed E-state index contributed by atoms with van der Waals surface area (Å²) < 4.78 is 4.82. The van der Waals surface area contributed by atoms with Gasteiger partial charge in [0.2, 0.25) is 0 Å². The molecule has 0 aliphatic rings. The van der Waals surface area contributed by atoms with Gasteiger partial charge >= 0.3 is 5.97 Å². The number of ether oxygens (including phenoxy) is 1. The van der Waals surface area contributed by atoms with Crippen LogP contribution in [0.1, 0.15) is 21.5 Å². The normalized spacial score (nSPS) is 11.7. The van der Waals surface area contributed by atoms with Gasteiger partial charge in [-0.05, 0) is 30.0 Å². The van der Waals surface area contributed by atoms with Crippen molar-refractivity contribution in [1.29, 1.82) is 0 Å². The van der Waals surface area contributed by atoms with E-state index >= 15 is 0 Å². The standard InChI is InChI=1S/C19H21NO4/c1-24-17(19(22)23)13-20-18(21)16-10-6-5-9-15(16)12-11-14-7-3-2-4-8-14/h2-10,17H,11-13H2,1H3,(H,20,21)(H,22,23). The highest BCUT2D eigenvalue weighted by Gasteiger charge is 2.18. The van der Waals surface area contributed by atoms with E-state index in [0.717, 1.165) is 18.4 Å². The van der Waals surface area contributed by atoms with Crippen LogP contribution in [0.25, 0.3) is 0 Å². The molecule has 24 heavy (non-hydrogen) atoms. The molecule has 5 heteroatoms. The summed E-state index contributed by atoms with van der Waals surface area (Å²) in [5.41, 5.74) is 2.70. The first kappa shape index (κ1) is 17.7. The van der Waals surface area contributed by atoms with E-state index in [1.807, 2.05) is 30.3 Å². The monoisotopic (exact) mass is 327 g/mol. The lowest BCUT2D eigenvalue weighted by Crippen LogP contribution is -2.38. The molecule has 0 saturated carbocycles. The Bertz CT molecular complexity index is 685. The van der Waals surface area contributed by atoms with Crippen molar-refractivity contribution in [3.05, 3.63) is 71.3 Å². The summed E-state index contributed by atoms with van der Waals surface area (Å²) in [4.78, 5) is 23.3. The predicted octanol–water partition coefficient (Wildman–Crippen LogP) is 2.30. The number of carboxylic acids is 1. The molecule has 0 heterocycles. The van der Waals surface area contributed by atoms with Crippen LogP contribution in [0.5, 0.6) is 0 Å². The molecule has 0 saturated heterocycles. The van der Waals surface area contributed by atoms with Crippen LogP contribution >= 0.6 is 0 Å². The van der Waals surface area contributed by atoms with Crippen LogP contribution in [0.3, 0.4) is 0 Å². The van der Waals surface area contributed by atoms with Gasteiger partial charge in [-0.25, -0.2) is 4.79 Å². The summed E-state index contributed by atoms with van der Waals surface area (Å²) in [6, 6.07) is 17.4. The van der Waals surface area contributed by atoms with Gasteiger partial charge < -0.3 is 15.2 Å². The van der Waals surface area contributed by atoms with Crippen LogP contribution in [-0.4, -0.2) is 36.7 Å². The minimum atomic E-state index is -1.10. The molecule has 2 aromatic carbocycles. The molecule has 1 amide bonds. The maximum Gasteiger partial charge on any atom is 0.334 e. The van der Waals surface area contributed by atoms with Gasteiger partial charge in [0, 0.05) is 12.7 Å². The third kappa shape index (κ3) is 4.93. The number of carbonyl (C=O) groups excluding carboxylic acids is 1. The minimum Gasteiger partial charge on any atom is -0.479 e. The molecule has 2 rings (SSSR count). The van der Waals surface area contributed by atoms with Gasteiger partial charge in [0.05, 0.1) is 6.54 Å². The van der Waals surface area contributed by atoms with Gasteiger partial charge in [0.1, 0.15) is 0 Å². The van der Waals surface area contributed by atoms with Crippen LogP contribution in [0.4, 0.5) is 0 Å². The van der Waals surface area contributed by atoms with Crippen molar-refractivity contribution in [2.45, 2.75) is 18.9 Å². The van der Waals surface area contributed by atoms with E-state index in [1.165, 1.54) is 12.7 Å². The second kappa shape index (κ2) is 8.84. The third-order valence-electron chi connectivity index (χ3n) is 3.80. The molecule has 126 valence electrons. The van der Waals surface area contributed by atoms with Crippen molar-refractivity contribution in [1.82, 2.24) is 5.32 Å². The number of aryl methyl sites for hydroxylation is 2. The summed E-state index contributed by atoms with van der Waals surface area (Å²) in [6.07, 6.45) is 0.520. The molecule has 0 aliphatic heterocycles. The second-order valence-electron chi connectivity index (χ2n) is 5.42. The van der Waals surface area contributed by atoms with Crippen LogP contribution in [0.2, 0.25) is 0 Å². The first-order valence-electron chi connectivity index (χ1n) is 7.77. The molecule has 1 unspecified atom stereocenters. The summed E-state index contributed by atoms with van der Waals surface area (Å²) in [5, 5.41) is 11.6. The van der Waals surface area contributed by atoms with Gasteiger partial charge in [-0.3, -0.25) is 4.79 Å². The van der Waals surface area contributed by atoms with Crippen LogP contribution in [0.15, 0.2) is 54.6 Å². The Kier molecular flexibility index (Phi) is 6.51. The Balaban J connectivity index is 2.02. The molecule has 0 bridgehead atoms. The van der Waals surface area contributed by atoms with Gasteiger partial charge in [0.15, 0.2) is 6.10 Å². The van der Waals surface area contributed by atoms with Crippen LogP contribution in [-0.2, 0) is 22.4 Å². The Morgan fingerprint density at radius 3 is 2.38 bits per heavy atom. The molecule has 1 atom stereocenters. The van der Waals surface area contributed by atoms with Crippen LogP contribution in [0, 0.1) is 0 Å². The quantitative estimate of drug-likeness (QED) is 0.780. The largest absolute Gasteiger partial charge is 0.479 e. The molecule has 0 aromatic heterocycles. The smallest absolute Gasteiger partial charge is 0.334 e. The summed E-state index contributed by atoms with van der Waals surface area (Å²) in [6.45, 7) is -0.0717. The van der Waals surface area contributed by atoms with Crippen molar-refractivity contribution in [2.75, 3.05) is 13.7 Å². The fourth-order valence-corrected chi connectivity index (χ4v) is 2.44. The van der Waals surface area contributed by atoms with E-state index in [2.05, 4.69) is 17.4 Å².